The van der Waals surface area contributed by atoms with E-state index in [1.54, 1.807) is 6.66 Å². The molecule has 1 aromatic rings. The van der Waals surface area contributed by atoms with Crippen LogP contribution in [0.2, 0.25) is 19.6 Å². The van der Waals surface area contributed by atoms with E-state index < -0.39 is 15.5 Å². The van der Waals surface area contributed by atoms with Gasteiger partial charge in [-0.1, -0.05) is 30.3 Å². The smallest absolute Gasteiger partial charge is 0.184 e. The van der Waals surface area contributed by atoms with Crippen molar-refractivity contribution in [3.05, 3.63) is 30.3 Å². The molecule has 15 heavy (non-hydrogen) atoms. The van der Waals surface area contributed by atoms with Crippen LogP contribution in [-0.4, -0.2) is 21.3 Å². The second-order valence-corrected chi connectivity index (χ2v) is 12.3. The summed E-state index contributed by atoms with van der Waals surface area (Å²) in [5.41, 5.74) is 0. The molecule has 0 aliphatic heterocycles. The van der Waals surface area contributed by atoms with Crippen LogP contribution in [0.3, 0.4) is 0 Å². The quantitative estimate of drug-likeness (QED) is 0.599. The third-order valence-corrected chi connectivity index (χ3v) is 5.31. The minimum Gasteiger partial charge on any atom is -0.410 e. The van der Waals surface area contributed by atoms with Crippen molar-refractivity contribution in [3.63, 3.8) is 0 Å². The minimum absolute atomic E-state index is 0.368. The molecule has 1 unspecified atom stereocenters. The van der Waals surface area contributed by atoms with E-state index in [0.29, 0.717) is 6.35 Å². The molecule has 4 heteroatoms. The van der Waals surface area contributed by atoms with Crippen molar-refractivity contribution in [1.82, 2.24) is 0 Å². The van der Waals surface area contributed by atoms with Crippen molar-refractivity contribution < 1.29 is 8.99 Å². The summed E-state index contributed by atoms with van der Waals surface area (Å²) < 4.78 is 18.1. The summed E-state index contributed by atoms with van der Waals surface area (Å²) in [5, 5.41) is 0.906. The molecule has 0 radical (unpaired) electrons. The van der Waals surface area contributed by atoms with Gasteiger partial charge in [-0.15, -0.1) is 0 Å². The summed E-state index contributed by atoms with van der Waals surface area (Å²) in [6.07, 6.45) is 0.368. The van der Waals surface area contributed by atoms with Crippen molar-refractivity contribution in [3.8, 4) is 0 Å². The van der Waals surface area contributed by atoms with Gasteiger partial charge < -0.3 is 8.99 Å². The summed E-state index contributed by atoms with van der Waals surface area (Å²) in [5.74, 6) is 0. The maximum absolute atomic E-state index is 12.4. The predicted octanol–water partition coefficient (Wildman–Crippen LogP) is 3.11. The Balaban J connectivity index is 2.73. The van der Waals surface area contributed by atoms with E-state index in [2.05, 4.69) is 19.6 Å². The van der Waals surface area contributed by atoms with E-state index in [4.69, 9.17) is 4.43 Å². The Labute approximate surface area is 93.2 Å². The second kappa shape index (κ2) is 4.65. The van der Waals surface area contributed by atoms with Crippen LogP contribution >= 0.6 is 7.14 Å². The zero-order valence-corrected chi connectivity index (χ0v) is 11.8. The van der Waals surface area contributed by atoms with E-state index in [1.165, 1.54) is 0 Å². The van der Waals surface area contributed by atoms with Gasteiger partial charge in [0, 0.05) is 5.30 Å². The predicted molar refractivity (Wildman–Crippen MR) is 68.9 cm³/mol. The minimum atomic E-state index is -2.33. The first-order valence-electron chi connectivity index (χ1n) is 5.07. The van der Waals surface area contributed by atoms with Crippen LogP contribution < -0.4 is 5.30 Å². The standard InChI is InChI=1S/C11H19O2PSi/c1-14(12,10-13-15(2,3)4)11-8-6-5-7-9-11/h5-9H,10H2,1-4H3. The molecular formula is C11H19O2PSi. The van der Waals surface area contributed by atoms with Gasteiger partial charge in [0.05, 0.1) is 6.35 Å². The van der Waals surface area contributed by atoms with Gasteiger partial charge in [0.2, 0.25) is 0 Å². The summed E-state index contributed by atoms with van der Waals surface area (Å²) in [6, 6.07) is 9.59. The Kier molecular flexibility index (Phi) is 3.93. The van der Waals surface area contributed by atoms with E-state index in [1.807, 2.05) is 30.3 Å². The molecule has 1 aromatic carbocycles. The lowest BCUT2D eigenvalue weighted by atomic mass is 10.4. The Bertz CT molecular complexity index is 357. The molecular weight excluding hydrogens is 223 g/mol. The van der Waals surface area contributed by atoms with Gasteiger partial charge in [-0.05, 0) is 26.3 Å². The van der Waals surface area contributed by atoms with Crippen molar-refractivity contribution in [2.45, 2.75) is 19.6 Å². The van der Waals surface area contributed by atoms with Gasteiger partial charge in [0.25, 0.3) is 0 Å². The van der Waals surface area contributed by atoms with Gasteiger partial charge in [-0.3, -0.25) is 0 Å². The lowest BCUT2D eigenvalue weighted by molar-refractivity contribution is 0.374. The fraction of sp³-hybridized carbons (Fsp3) is 0.455. The Morgan fingerprint density at radius 3 is 2.20 bits per heavy atom. The molecule has 1 rings (SSSR count). The highest BCUT2D eigenvalue weighted by molar-refractivity contribution is 7.70. The molecule has 0 amide bonds. The van der Waals surface area contributed by atoms with E-state index >= 15 is 0 Å². The fourth-order valence-electron chi connectivity index (χ4n) is 1.13. The Morgan fingerprint density at radius 2 is 1.73 bits per heavy atom. The summed E-state index contributed by atoms with van der Waals surface area (Å²) in [4.78, 5) is 0. The van der Waals surface area contributed by atoms with Crippen molar-refractivity contribution in [2.75, 3.05) is 13.0 Å². The van der Waals surface area contributed by atoms with Crippen LogP contribution in [0, 0.1) is 0 Å². The highest BCUT2D eigenvalue weighted by Gasteiger charge is 2.23. The third kappa shape index (κ3) is 4.33. The number of rotatable bonds is 4. The first-order chi connectivity index (χ1) is 6.81. The van der Waals surface area contributed by atoms with E-state index in [0.717, 1.165) is 5.30 Å². The Morgan fingerprint density at radius 1 is 1.20 bits per heavy atom. The molecule has 0 aromatic heterocycles. The van der Waals surface area contributed by atoms with Crippen LogP contribution in [0.25, 0.3) is 0 Å². The zero-order valence-electron chi connectivity index (χ0n) is 9.86. The molecule has 84 valence electrons. The van der Waals surface area contributed by atoms with Gasteiger partial charge in [0.15, 0.2) is 8.32 Å². The SMILES string of the molecule is C[Si](C)(C)OCP(C)(=O)c1ccccc1. The summed E-state index contributed by atoms with van der Waals surface area (Å²) in [6.45, 7) is 8.12. The molecule has 0 fully saturated rings. The highest BCUT2D eigenvalue weighted by Crippen LogP contribution is 2.40. The van der Waals surface area contributed by atoms with Crippen LogP contribution in [-0.2, 0) is 8.99 Å². The van der Waals surface area contributed by atoms with Gasteiger partial charge >= 0.3 is 0 Å². The lowest BCUT2D eigenvalue weighted by Crippen LogP contribution is -2.27. The fourth-order valence-corrected chi connectivity index (χ4v) is 4.62. The maximum atomic E-state index is 12.4. The number of benzene rings is 1. The molecule has 0 N–H and O–H groups in total. The van der Waals surface area contributed by atoms with Gasteiger partial charge in [-0.25, -0.2) is 0 Å². The second-order valence-electron chi connectivity index (χ2n) is 4.82. The van der Waals surface area contributed by atoms with Gasteiger partial charge in [-0.2, -0.15) is 0 Å². The van der Waals surface area contributed by atoms with Crippen molar-refractivity contribution in [1.29, 1.82) is 0 Å². The molecule has 0 aliphatic rings. The largest absolute Gasteiger partial charge is 0.410 e. The van der Waals surface area contributed by atoms with Crippen LogP contribution in [0.1, 0.15) is 0 Å². The first kappa shape index (κ1) is 12.7. The third-order valence-electron chi connectivity index (χ3n) is 2.05. The van der Waals surface area contributed by atoms with Gasteiger partial charge in [0.1, 0.15) is 7.14 Å². The van der Waals surface area contributed by atoms with Crippen LogP contribution in [0.5, 0.6) is 0 Å². The van der Waals surface area contributed by atoms with Crippen LogP contribution in [0.4, 0.5) is 0 Å². The topological polar surface area (TPSA) is 26.3 Å². The Hall–Kier alpha value is -0.373. The number of hydrogen-bond donors (Lipinski definition) is 0. The van der Waals surface area contributed by atoms with Crippen molar-refractivity contribution >= 4 is 20.8 Å². The van der Waals surface area contributed by atoms with E-state index in [-0.39, 0.29) is 0 Å². The molecule has 2 nitrogen and oxygen atoms in total. The van der Waals surface area contributed by atoms with E-state index in [9.17, 15) is 4.57 Å². The average molecular weight is 242 g/mol. The highest BCUT2D eigenvalue weighted by atomic mass is 31.2. The molecule has 0 heterocycles. The molecule has 0 saturated carbocycles. The molecule has 0 aliphatic carbocycles. The first-order valence-corrected chi connectivity index (χ1v) is 10.8. The molecule has 0 saturated heterocycles. The van der Waals surface area contributed by atoms with Crippen molar-refractivity contribution in [2.24, 2.45) is 0 Å². The normalized spacial score (nSPS) is 16.0. The molecule has 1 atom stereocenters. The molecule has 0 bridgehead atoms. The summed E-state index contributed by atoms with van der Waals surface area (Å²) in [7, 11) is -3.90. The zero-order chi connectivity index (χ0) is 11.5. The monoisotopic (exact) mass is 242 g/mol. The number of hydrogen-bond acceptors (Lipinski definition) is 2. The van der Waals surface area contributed by atoms with Crippen LogP contribution in [0.15, 0.2) is 30.3 Å². The summed E-state index contributed by atoms with van der Waals surface area (Å²) >= 11 is 0. The lowest BCUT2D eigenvalue weighted by Gasteiger charge is -2.21. The molecule has 0 spiro atoms. The maximum Gasteiger partial charge on any atom is 0.184 e. The average Bonchev–Trinajstić information content (AvgIpc) is 2.16.